The number of H-pyrrole nitrogens is 5. The molecule has 0 radical (unpaired) electrons. The number of rotatable bonds is 23. The number of phenolic OH excluding ortho intramolecular Hbond substituents is 2. The fraction of sp³-hybridized carbons (Fsp3) is 0.120. The number of fused-ring (bicyclic) bond motifs is 5. The molecule has 0 aliphatic heterocycles. The molecule has 20 aromatic rings. The number of hydrogen-bond donors (Lipinski definition) is 10. The van der Waals surface area contributed by atoms with Gasteiger partial charge in [0.25, 0.3) is 0 Å². The monoisotopic (exact) mass is 1960 g/mol. The van der Waals surface area contributed by atoms with Crippen LogP contribution in [0, 0.1) is 0 Å². The number of aromatic hydroxyl groups is 2. The molecule has 15 aromatic carbocycles. The van der Waals surface area contributed by atoms with Gasteiger partial charge in [0.05, 0.1) is 103 Å². The predicted octanol–water partition coefficient (Wildman–Crippen LogP) is 27.0. The Morgan fingerprint density at radius 3 is 0.797 bits per heavy atom. The standard InChI is InChI=1S/3C22H17F3N2O2.2C21H15F3N2O2/c23-22(24,25)17-6-8-18(9-7-17)29-13-21-26-19-10-5-16(11-20(19)27-21)15-3-1-14(12-28)2-4-15;23-22(24,25)17-5-7-18(8-6-17)29-13-21-26-19-9-4-16(11-20(19)27-21)15-3-1-2-14(10-15)12-28;23-22(24,25)16-6-8-17(9-7-16)29-13-21-26-19-10-5-14(11-20(19)27-21)18-4-2-1-3-15(18)12-28;22-21(23,24)15-5-7-17(8-6-15)28-12-20-25-18-9-4-14(11-19(18)26-20)13-2-1-3-16(27)10-13;22-21(23,24)14-6-8-15(9-7-14)28-12-20-25-17-10-5-13(11-18(17)26-20)16-3-1-2-4-19(16)27/h3*1-11,28H,12-13H2,(H,26,27);2*1-11,27H,12H2,(H,25,26). The summed E-state index contributed by atoms with van der Waals surface area (Å²) in [5.74, 6) is 4.84. The Labute approximate surface area is 803 Å². The Hall–Kier alpha value is -16.9. The van der Waals surface area contributed by atoms with Crippen molar-refractivity contribution in [2.24, 2.45) is 0 Å². The summed E-state index contributed by atoms with van der Waals surface area (Å²) < 4.78 is 217. The molecule has 0 saturated heterocycles. The second-order valence-corrected chi connectivity index (χ2v) is 32.2. The highest BCUT2D eigenvalue weighted by Crippen LogP contribution is 2.40. The molecule has 0 saturated carbocycles. The number of aliphatic hydroxyl groups excluding tert-OH is 3. The minimum absolute atomic E-state index is 0.00214. The average Bonchev–Trinajstić information content (AvgIpc) is 1.74. The van der Waals surface area contributed by atoms with Gasteiger partial charge in [0.2, 0.25) is 0 Å². The number of aliphatic hydroxyl groups is 3. The summed E-state index contributed by atoms with van der Waals surface area (Å²) in [7, 11) is 0. The smallest absolute Gasteiger partial charge is 0.416 e. The molecule has 728 valence electrons. The number of phenols is 2. The van der Waals surface area contributed by atoms with Gasteiger partial charge in [-0.3, -0.25) is 0 Å². The normalized spacial score (nSPS) is 11.7. The molecule has 20 rings (SSSR count). The van der Waals surface area contributed by atoms with Crippen molar-refractivity contribution in [3.63, 3.8) is 0 Å². The van der Waals surface area contributed by atoms with E-state index < -0.39 is 58.7 Å². The number of nitrogens with zero attached hydrogens (tertiary/aromatic N) is 5. The summed E-state index contributed by atoms with van der Waals surface area (Å²) in [5, 5.41) is 47.6. The maximum atomic E-state index is 12.6. The number of aromatic nitrogens is 10. The van der Waals surface area contributed by atoms with E-state index in [9.17, 15) is 86.3 Å². The van der Waals surface area contributed by atoms with Gasteiger partial charge in [0.15, 0.2) is 0 Å². The highest BCUT2D eigenvalue weighted by atomic mass is 19.4. The molecule has 10 N–H and O–H groups in total. The van der Waals surface area contributed by atoms with E-state index in [-0.39, 0.29) is 64.4 Å². The Morgan fingerprint density at radius 2 is 0.490 bits per heavy atom. The van der Waals surface area contributed by atoms with Crippen LogP contribution in [0.3, 0.4) is 0 Å². The molecule has 0 amide bonds. The Bertz CT molecular complexity index is 7740. The van der Waals surface area contributed by atoms with E-state index in [4.69, 9.17) is 28.8 Å². The lowest BCUT2D eigenvalue weighted by Crippen LogP contribution is -2.04. The first kappa shape index (κ1) is 99.1. The third-order valence-corrected chi connectivity index (χ3v) is 22.2. The molecule has 0 aliphatic rings. The highest BCUT2D eigenvalue weighted by molar-refractivity contribution is 5.87. The van der Waals surface area contributed by atoms with Crippen molar-refractivity contribution in [2.75, 3.05) is 0 Å². The quantitative estimate of drug-likeness (QED) is 0.0266. The molecule has 143 heavy (non-hydrogen) atoms. The number of hydrogen-bond acceptors (Lipinski definition) is 15. The highest BCUT2D eigenvalue weighted by Gasteiger charge is 2.34. The van der Waals surface area contributed by atoms with E-state index in [0.29, 0.717) is 63.4 Å². The van der Waals surface area contributed by atoms with Crippen LogP contribution in [-0.4, -0.2) is 75.4 Å². The van der Waals surface area contributed by atoms with Crippen LogP contribution in [-0.2, 0) is 83.7 Å². The second-order valence-electron chi connectivity index (χ2n) is 32.2. The zero-order valence-electron chi connectivity index (χ0n) is 74.6. The number of halogens is 15. The van der Waals surface area contributed by atoms with Crippen molar-refractivity contribution in [1.82, 2.24) is 49.8 Å². The van der Waals surface area contributed by atoms with Crippen molar-refractivity contribution >= 4 is 55.2 Å². The molecule has 5 aromatic heterocycles. The van der Waals surface area contributed by atoms with Crippen LogP contribution in [0.4, 0.5) is 65.9 Å². The van der Waals surface area contributed by atoms with Gasteiger partial charge < -0.3 is 74.1 Å². The van der Waals surface area contributed by atoms with E-state index in [2.05, 4.69) is 49.8 Å². The van der Waals surface area contributed by atoms with Crippen LogP contribution in [0.15, 0.2) is 334 Å². The van der Waals surface area contributed by atoms with Gasteiger partial charge in [-0.25, -0.2) is 24.9 Å². The number of nitrogens with one attached hydrogen (secondary N) is 5. The molecule has 20 nitrogen and oxygen atoms in total. The van der Waals surface area contributed by atoms with Crippen molar-refractivity contribution in [1.29, 1.82) is 0 Å². The lowest BCUT2D eigenvalue weighted by molar-refractivity contribution is -0.138. The molecule has 0 aliphatic carbocycles. The molecular formula is C108H81F15N10O10. The van der Waals surface area contributed by atoms with Crippen molar-refractivity contribution in [3.05, 3.63) is 407 Å². The SMILES string of the molecule is OCc1ccc(-c2ccc3nc(COc4ccc(C(F)(F)F)cc4)[nH]c3c2)cc1.OCc1cccc(-c2ccc3nc(COc4ccc(C(F)(F)F)cc4)[nH]c3c2)c1.OCc1ccccc1-c1ccc2nc(COc3ccc(C(F)(F)F)cc3)[nH]c2c1.Oc1cccc(-c2ccc3nc(COc4ccc(C(F)(F)F)cc4)[nH]c3c2)c1.Oc1ccccc1-c1ccc2nc(COc3ccc(C(F)(F)F)cc3)[nH]c2c1. The van der Waals surface area contributed by atoms with Gasteiger partial charge >= 0.3 is 30.9 Å². The first-order valence-electron chi connectivity index (χ1n) is 43.7. The number of imidazole rings is 5. The summed E-state index contributed by atoms with van der Waals surface area (Å²) in [5.41, 5.74) is 15.9. The molecule has 0 unspecified atom stereocenters. The van der Waals surface area contributed by atoms with Gasteiger partial charge in [-0.15, -0.1) is 0 Å². The first-order chi connectivity index (χ1) is 68.6. The van der Waals surface area contributed by atoms with Crippen LogP contribution < -0.4 is 23.7 Å². The summed E-state index contributed by atoms with van der Waals surface area (Å²) in [4.78, 5) is 38.0. The van der Waals surface area contributed by atoms with Crippen molar-refractivity contribution < 1.29 is 115 Å². The average molecular weight is 1960 g/mol. The minimum atomic E-state index is -4.37. The summed E-state index contributed by atoms with van der Waals surface area (Å²) in [6.45, 7) is 0.434. The number of aromatic amines is 5. The zero-order valence-corrected chi connectivity index (χ0v) is 74.6. The van der Waals surface area contributed by atoms with Crippen molar-refractivity contribution in [2.45, 2.75) is 83.7 Å². The molecule has 0 spiro atoms. The van der Waals surface area contributed by atoms with E-state index >= 15 is 0 Å². The summed E-state index contributed by atoms with van der Waals surface area (Å²) in [6.07, 6.45) is -21.9. The molecule has 0 fully saturated rings. The fourth-order valence-corrected chi connectivity index (χ4v) is 15.0. The van der Waals surface area contributed by atoms with E-state index in [1.807, 2.05) is 182 Å². The van der Waals surface area contributed by atoms with Crippen LogP contribution in [0.1, 0.15) is 73.6 Å². The number of alkyl halides is 15. The topological polar surface area (TPSA) is 291 Å². The third kappa shape index (κ3) is 25.8. The first-order valence-corrected chi connectivity index (χ1v) is 43.7. The van der Waals surface area contributed by atoms with Gasteiger partial charge in [-0.2, -0.15) is 65.9 Å². The van der Waals surface area contributed by atoms with Crippen LogP contribution in [0.5, 0.6) is 40.2 Å². The summed E-state index contributed by atoms with van der Waals surface area (Å²) >= 11 is 0. The Morgan fingerprint density at radius 1 is 0.224 bits per heavy atom. The van der Waals surface area contributed by atoms with Crippen molar-refractivity contribution in [3.8, 4) is 95.9 Å². The largest absolute Gasteiger partial charge is 0.508 e. The predicted molar refractivity (Wildman–Crippen MR) is 508 cm³/mol. The Balaban J connectivity index is 0.000000128. The zero-order chi connectivity index (χ0) is 101. The number of para-hydroxylation sites is 1. The third-order valence-electron chi connectivity index (χ3n) is 22.2. The molecule has 5 heterocycles. The fourth-order valence-electron chi connectivity index (χ4n) is 15.0. The lowest BCUT2D eigenvalue weighted by atomic mass is 10.00. The maximum Gasteiger partial charge on any atom is 0.416 e. The van der Waals surface area contributed by atoms with Crippen LogP contribution >= 0.6 is 0 Å². The number of ether oxygens (including phenoxy) is 5. The van der Waals surface area contributed by atoms with E-state index in [0.717, 1.165) is 183 Å². The Kier molecular flexibility index (Phi) is 30.0. The molecule has 0 bridgehead atoms. The van der Waals surface area contributed by atoms with Gasteiger partial charge in [0.1, 0.15) is 102 Å². The van der Waals surface area contributed by atoms with Gasteiger partial charge in [0, 0.05) is 5.56 Å². The molecular weight excluding hydrogens is 1880 g/mol. The maximum absolute atomic E-state index is 12.6. The lowest BCUT2D eigenvalue weighted by Gasteiger charge is -2.08. The second kappa shape index (κ2) is 43.2. The van der Waals surface area contributed by atoms with Crippen LogP contribution in [0.2, 0.25) is 0 Å². The van der Waals surface area contributed by atoms with E-state index in [1.165, 1.54) is 60.7 Å². The van der Waals surface area contributed by atoms with Gasteiger partial charge in [-0.1, -0.05) is 127 Å². The molecule has 0 atom stereocenters. The van der Waals surface area contributed by atoms with Gasteiger partial charge in [-0.05, 0) is 273 Å². The van der Waals surface area contributed by atoms with Crippen LogP contribution in [0.25, 0.3) is 111 Å². The van der Waals surface area contributed by atoms with E-state index in [1.54, 1.807) is 30.3 Å². The number of benzene rings is 15. The molecule has 35 heteroatoms. The minimum Gasteiger partial charge on any atom is -0.508 e. The summed E-state index contributed by atoms with van der Waals surface area (Å²) in [6, 6.07) is 88.1.